The molecule has 0 aliphatic carbocycles. The predicted molar refractivity (Wildman–Crippen MR) is 127 cm³/mol. The number of carbonyl (C=O) groups is 3. The smallest absolute Gasteiger partial charge is 0.335 e. The molecule has 1 heterocycles. The van der Waals surface area contributed by atoms with Crippen LogP contribution in [0.1, 0.15) is 22.3 Å². The number of hydrogen-bond donors (Lipinski definition) is 1. The van der Waals surface area contributed by atoms with Gasteiger partial charge in [-0.2, -0.15) is 0 Å². The average molecular weight is 461 g/mol. The number of rotatable bonds is 5. The molecule has 0 saturated carbocycles. The van der Waals surface area contributed by atoms with Crippen molar-refractivity contribution in [3.63, 3.8) is 0 Å². The number of anilines is 1. The molecule has 1 saturated heterocycles. The highest BCUT2D eigenvalue weighted by Gasteiger charge is 2.36. The predicted octanol–water partition coefficient (Wildman–Crippen LogP) is 5.20. The Kier molecular flexibility index (Phi) is 6.29. The Morgan fingerprint density at radius 1 is 0.909 bits per heavy atom. The largest absolute Gasteiger partial charge is 0.489 e. The fourth-order valence-corrected chi connectivity index (χ4v) is 3.50. The van der Waals surface area contributed by atoms with E-state index >= 15 is 0 Å². The summed E-state index contributed by atoms with van der Waals surface area (Å²) in [6, 6.07) is 18.6. The highest BCUT2D eigenvalue weighted by Crippen LogP contribution is 2.24. The van der Waals surface area contributed by atoms with Gasteiger partial charge in [-0.15, -0.1) is 0 Å². The Labute approximate surface area is 196 Å². The van der Waals surface area contributed by atoms with Gasteiger partial charge in [0, 0.05) is 5.02 Å². The van der Waals surface area contributed by atoms with E-state index in [1.165, 1.54) is 29.3 Å². The van der Waals surface area contributed by atoms with Crippen LogP contribution in [0.2, 0.25) is 5.02 Å². The molecular weight excluding hydrogens is 440 g/mol. The van der Waals surface area contributed by atoms with E-state index in [1.54, 1.807) is 36.4 Å². The van der Waals surface area contributed by atoms with Crippen LogP contribution < -0.4 is 15.0 Å². The van der Waals surface area contributed by atoms with Crippen molar-refractivity contribution < 1.29 is 19.1 Å². The second-order valence-electron chi connectivity index (χ2n) is 7.71. The van der Waals surface area contributed by atoms with Crippen molar-refractivity contribution in [1.29, 1.82) is 0 Å². The fourth-order valence-electron chi connectivity index (χ4n) is 3.37. The summed E-state index contributed by atoms with van der Waals surface area (Å²) in [6.45, 7) is 4.56. The molecule has 0 aromatic heterocycles. The Bertz CT molecular complexity index is 1260. The van der Waals surface area contributed by atoms with Crippen molar-refractivity contribution in [3.8, 4) is 5.75 Å². The molecule has 4 rings (SSSR count). The van der Waals surface area contributed by atoms with E-state index in [9.17, 15) is 14.4 Å². The Morgan fingerprint density at radius 3 is 2.27 bits per heavy atom. The summed E-state index contributed by atoms with van der Waals surface area (Å²) in [7, 11) is 0. The highest BCUT2D eigenvalue weighted by molar-refractivity contribution is 6.39. The van der Waals surface area contributed by atoms with E-state index in [-0.39, 0.29) is 5.57 Å². The van der Waals surface area contributed by atoms with Crippen LogP contribution in [0.5, 0.6) is 5.75 Å². The number of carbonyl (C=O) groups excluding carboxylic acids is 3. The summed E-state index contributed by atoms with van der Waals surface area (Å²) in [5.74, 6) is -0.792. The lowest BCUT2D eigenvalue weighted by atomic mass is 10.1. The molecule has 6 nitrogen and oxygen atoms in total. The summed E-state index contributed by atoms with van der Waals surface area (Å²) in [5, 5.41) is 2.67. The van der Waals surface area contributed by atoms with Crippen LogP contribution in [0.4, 0.5) is 10.5 Å². The van der Waals surface area contributed by atoms with Gasteiger partial charge in [-0.3, -0.25) is 14.9 Å². The maximum Gasteiger partial charge on any atom is 0.335 e. The molecule has 0 spiro atoms. The third kappa shape index (κ3) is 4.96. The number of halogens is 1. The molecule has 166 valence electrons. The SMILES string of the molecule is Cc1ccc(COc2ccc(/C=C3\C(=O)NC(=O)N(c4ccc(Cl)cc4)C3=O)cc2)cc1C. The first-order valence-electron chi connectivity index (χ1n) is 10.3. The Hall–Kier alpha value is -3.90. The van der Waals surface area contributed by atoms with Crippen LogP contribution in [-0.4, -0.2) is 17.8 Å². The molecule has 0 radical (unpaired) electrons. The van der Waals surface area contributed by atoms with Crippen LogP contribution in [0.15, 0.2) is 72.3 Å². The number of ether oxygens (including phenoxy) is 1. The second-order valence-corrected chi connectivity index (χ2v) is 8.15. The molecule has 0 atom stereocenters. The van der Waals surface area contributed by atoms with Gasteiger partial charge >= 0.3 is 6.03 Å². The van der Waals surface area contributed by atoms with E-state index in [0.29, 0.717) is 28.6 Å². The number of urea groups is 1. The fraction of sp³-hybridized carbons (Fsp3) is 0.115. The quantitative estimate of drug-likeness (QED) is 0.419. The average Bonchev–Trinajstić information content (AvgIpc) is 2.79. The molecule has 3 aromatic rings. The summed E-state index contributed by atoms with van der Waals surface area (Å²) in [6.07, 6.45) is 1.44. The van der Waals surface area contributed by atoms with Crippen LogP contribution in [0.25, 0.3) is 6.08 Å². The van der Waals surface area contributed by atoms with Gasteiger partial charge in [-0.05, 0) is 78.6 Å². The molecule has 3 aromatic carbocycles. The molecule has 1 aliphatic rings. The van der Waals surface area contributed by atoms with Crippen molar-refractivity contribution in [2.45, 2.75) is 20.5 Å². The van der Waals surface area contributed by atoms with E-state index in [2.05, 4.69) is 31.3 Å². The summed E-state index contributed by atoms with van der Waals surface area (Å²) in [4.78, 5) is 38.4. The first-order chi connectivity index (χ1) is 15.8. The van der Waals surface area contributed by atoms with Crippen molar-refractivity contribution in [3.05, 3.63) is 99.6 Å². The zero-order chi connectivity index (χ0) is 23.5. The van der Waals surface area contributed by atoms with Gasteiger partial charge in [0.15, 0.2) is 0 Å². The monoisotopic (exact) mass is 460 g/mol. The Balaban J connectivity index is 1.50. The number of hydrogen-bond acceptors (Lipinski definition) is 4. The number of nitrogens with one attached hydrogen (secondary N) is 1. The molecule has 4 amide bonds. The van der Waals surface area contributed by atoms with E-state index in [0.717, 1.165) is 10.5 Å². The van der Waals surface area contributed by atoms with E-state index in [4.69, 9.17) is 16.3 Å². The van der Waals surface area contributed by atoms with Crippen LogP contribution in [-0.2, 0) is 16.2 Å². The van der Waals surface area contributed by atoms with Gasteiger partial charge in [0.2, 0.25) is 0 Å². The lowest BCUT2D eigenvalue weighted by Gasteiger charge is -2.26. The van der Waals surface area contributed by atoms with Crippen molar-refractivity contribution in [2.24, 2.45) is 0 Å². The minimum atomic E-state index is -0.806. The topological polar surface area (TPSA) is 75.7 Å². The van der Waals surface area contributed by atoms with Gasteiger partial charge < -0.3 is 4.74 Å². The summed E-state index contributed by atoms with van der Waals surface area (Å²) < 4.78 is 5.84. The van der Waals surface area contributed by atoms with Crippen molar-refractivity contribution in [2.75, 3.05) is 4.90 Å². The normalized spacial score (nSPS) is 15.1. The molecule has 33 heavy (non-hydrogen) atoms. The second kappa shape index (κ2) is 9.30. The number of barbiturate groups is 1. The van der Waals surface area contributed by atoms with E-state index < -0.39 is 17.8 Å². The number of imide groups is 2. The maximum absolute atomic E-state index is 12.9. The third-order valence-corrected chi connectivity index (χ3v) is 5.61. The zero-order valence-electron chi connectivity index (χ0n) is 18.1. The highest BCUT2D eigenvalue weighted by atomic mass is 35.5. The maximum atomic E-state index is 12.9. The standard InChI is InChI=1S/C26H21ClN2O4/c1-16-3-4-19(13-17(16)2)15-33-22-11-5-18(6-12-22)14-23-24(30)28-26(32)29(25(23)31)21-9-7-20(27)8-10-21/h3-14H,15H2,1-2H3,(H,28,30,32)/b23-14+. The third-order valence-electron chi connectivity index (χ3n) is 5.35. The number of amides is 4. The van der Waals surface area contributed by atoms with Crippen molar-refractivity contribution >= 4 is 41.2 Å². The minimum Gasteiger partial charge on any atom is -0.489 e. The minimum absolute atomic E-state index is 0.145. The van der Waals surface area contributed by atoms with E-state index in [1.807, 2.05) is 6.07 Å². The summed E-state index contributed by atoms with van der Waals surface area (Å²) in [5.41, 5.74) is 4.30. The molecular formula is C26H21ClN2O4. The van der Waals surface area contributed by atoms with Gasteiger partial charge in [0.1, 0.15) is 17.9 Å². The van der Waals surface area contributed by atoms with Crippen LogP contribution >= 0.6 is 11.6 Å². The molecule has 1 N–H and O–H groups in total. The van der Waals surface area contributed by atoms with Gasteiger partial charge in [0.25, 0.3) is 11.8 Å². The van der Waals surface area contributed by atoms with Gasteiger partial charge in [-0.1, -0.05) is 41.9 Å². The molecule has 1 aliphatic heterocycles. The number of aryl methyl sites for hydroxylation is 2. The number of nitrogens with zero attached hydrogens (tertiary/aromatic N) is 1. The lowest BCUT2D eigenvalue weighted by Crippen LogP contribution is -2.54. The summed E-state index contributed by atoms with van der Waals surface area (Å²) >= 11 is 5.89. The molecule has 1 fully saturated rings. The Morgan fingerprint density at radius 2 is 1.61 bits per heavy atom. The van der Waals surface area contributed by atoms with Gasteiger partial charge in [0.05, 0.1) is 5.69 Å². The zero-order valence-corrected chi connectivity index (χ0v) is 18.8. The lowest BCUT2D eigenvalue weighted by molar-refractivity contribution is -0.122. The van der Waals surface area contributed by atoms with Crippen molar-refractivity contribution in [1.82, 2.24) is 5.32 Å². The van der Waals surface area contributed by atoms with Crippen LogP contribution in [0, 0.1) is 13.8 Å². The van der Waals surface area contributed by atoms with Gasteiger partial charge in [-0.25, -0.2) is 9.69 Å². The number of benzene rings is 3. The first kappa shape index (κ1) is 22.3. The molecule has 0 bridgehead atoms. The molecule has 0 unspecified atom stereocenters. The first-order valence-corrected chi connectivity index (χ1v) is 10.7. The van der Waals surface area contributed by atoms with Crippen LogP contribution in [0.3, 0.4) is 0 Å². The molecule has 7 heteroatoms.